The Balaban J connectivity index is 1.80. The lowest BCUT2D eigenvalue weighted by molar-refractivity contribution is 0.331. The van der Waals surface area contributed by atoms with Gasteiger partial charge in [0.1, 0.15) is 11.6 Å². The smallest absolute Gasteiger partial charge is 0.129 e. The van der Waals surface area contributed by atoms with E-state index in [4.69, 9.17) is 4.74 Å². The van der Waals surface area contributed by atoms with Crippen LogP contribution in [0.3, 0.4) is 0 Å². The molecule has 1 saturated heterocycles. The molecule has 0 N–H and O–H groups in total. The van der Waals surface area contributed by atoms with Crippen LogP contribution in [0.25, 0.3) is 11.1 Å². The van der Waals surface area contributed by atoms with Crippen molar-refractivity contribution < 1.29 is 9.13 Å². The highest BCUT2D eigenvalue weighted by Gasteiger charge is 2.12. The topological polar surface area (TPSA) is 12.5 Å². The van der Waals surface area contributed by atoms with E-state index in [1.165, 1.54) is 43.6 Å². The second-order valence-corrected chi connectivity index (χ2v) is 5.52. The van der Waals surface area contributed by atoms with E-state index in [1.807, 2.05) is 0 Å². The molecule has 0 bridgehead atoms. The summed E-state index contributed by atoms with van der Waals surface area (Å²) in [6.07, 6.45) is 2.62. The molecule has 2 aromatic rings. The van der Waals surface area contributed by atoms with Crippen molar-refractivity contribution in [2.75, 3.05) is 20.2 Å². The van der Waals surface area contributed by atoms with Crippen molar-refractivity contribution in [3.63, 3.8) is 0 Å². The molecule has 1 fully saturated rings. The number of rotatable bonds is 4. The molecule has 1 aliphatic rings. The van der Waals surface area contributed by atoms with E-state index in [2.05, 4.69) is 29.2 Å². The number of methoxy groups -OCH3 is 1. The van der Waals surface area contributed by atoms with Crippen molar-refractivity contribution in [3.8, 4) is 16.9 Å². The van der Waals surface area contributed by atoms with E-state index < -0.39 is 0 Å². The van der Waals surface area contributed by atoms with E-state index in [-0.39, 0.29) is 5.82 Å². The Morgan fingerprint density at radius 3 is 2.43 bits per heavy atom. The first kappa shape index (κ1) is 14.1. The number of nitrogens with zero attached hydrogens (tertiary/aromatic N) is 1. The molecule has 21 heavy (non-hydrogen) atoms. The molecule has 0 saturated carbocycles. The maximum absolute atomic E-state index is 13.3. The van der Waals surface area contributed by atoms with Gasteiger partial charge in [-0.05, 0) is 49.2 Å². The van der Waals surface area contributed by atoms with Gasteiger partial charge < -0.3 is 4.74 Å². The normalized spacial score (nSPS) is 15.3. The van der Waals surface area contributed by atoms with Gasteiger partial charge in [-0.1, -0.05) is 24.3 Å². The number of benzene rings is 2. The molecule has 0 aromatic heterocycles. The maximum atomic E-state index is 13.3. The fraction of sp³-hybridized carbons (Fsp3) is 0.333. The quantitative estimate of drug-likeness (QED) is 0.838. The molecule has 110 valence electrons. The first-order valence-electron chi connectivity index (χ1n) is 7.41. The van der Waals surface area contributed by atoms with Crippen LogP contribution in [-0.2, 0) is 6.54 Å². The predicted molar refractivity (Wildman–Crippen MR) is 82.9 cm³/mol. The average Bonchev–Trinajstić information content (AvgIpc) is 3.01. The van der Waals surface area contributed by atoms with Gasteiger partial charge in [-0.2, -0.15) is 0 Å². The lowest BCUT2D eigenvalue weighted by atomic mass is 10.0. The number of hydrogen-bond acceptors (Lipinski definition) is 2. The number of halogens is 1. The fourth-order valence-corrected chi connectivity index (χ4v) is 2.89. The Labute approximate surface area is 125 Å². The van der Waals surface area contributed by atoms with Crippen LogP contribution in [-0.4, -0.2) is 25.1 Å². The second-order valence-electron chi connectivity index (χ2n) is 5.52. The monoisotopic (exact) mass is 285 g/mol. The highest BCUT2D eigenvalue weighted by atomic mass is 19.1. The van der Waals surface area contributed by atoms with Crippen LogP contribution in [0, 0.1) is 5.82 Å². The van der Waals surface area contributed by atoms with Crippen LogP contribution < -0.4 is 4.74 Å². The molecule has 0 amide bonds. The molecule has 2 nitrogen and oxygen atoms in total. The maximum Gasteiger partial charge on any atom is 0.129 e. The summed E-state index contributed by atoms with van der Waals surface area (Å²) in [6, 6.07) is 13.1. The summed E-state index contributed by atoms with van der Waals surface area (Å²) < 4.78 is 18.5. The molecule has 1 aliphatic heterocycles. The van der Waals surface area contributed by atoms with E-state index in [1.54, 1.807) is 13.2 Å². The Hall–Kier alpha value is -1.87. The molecular formula is C18H20FNO. The van der Waals surface area contributed by atoms with E-state index in [9.17, 15) is 4.39 Å². The summed E-state index contributed by atoms with van der Waals surface area (Å²) >= 11 is 0. The zero-order valence-corrected chi connectivity index (χ0v) is 12.3. The van der Waals surface area contributed by atoms with Gasteiger partial charge in [-0.25, -0.2) is 4.39 Å². The van der Waals surface area contributed by atoms with Gasteiger partial charge in [0, 0.05) is 18.2 Å². The minimum Gasteiger partial charge on any atom is -0.496 e. The van der Waals surface area contributed by atoms with Crippen LogP contribution >= 0.6 is 0 Å². The highest BCUT2D eigenvalue weighted by Crippen LogP contribution is 2.30. The molecule has 0 unspecified atom stereocenters. The van der Waals surface area contributed by atoms with E-state index in [0.717, 1.165) is 17.7 Å². The summed E-state index contributed by atoms with van der Waals surface area (Å²) in [5.74, 6) is 0.295. The van der Waals surface area contributed by atoms with Gasteiger partial charge in [0.05, 0.1) is 7.11 Å². The Morgan fingerprint density at radius 1 is 1.05 bits per heavy atom. The SMILES string of the molecule is COc1cc(F)ccc1-c1ccc(CN2CCCC2)cc1. The van der Waals surface area contributed by atoms with Crippen molar-refractivity contribution >= 4 is 0 Å². The summed E-state index contributed by atoms with van der Waals surface area (Å²) in [7, 11) is 1.57. The number of hydrogen-bond donors (Lipinski definition) is 0. The number of ether oxygens (including phenoxy) is 1. The zero-order chi connectivity index (χ0) is 14.7. The molecule has 0 spiro atoms. The molecule has 0 aliphatic carbocycles. The standard InChI is InChI=1S/C18H20FNO/c1-21-18-12-16(19)8-9-17(18)15-6-4-14(5-7-15)13-20-10-2-3-11-20/h4-9,12H,2-3,10-11,13H2,1H3. The average molecular weight is 285 g/mol. The lowest BCUT2D eigenvalue weighted by Crippen LogP contribution is -2.18. The largest absolute Gasteiger partial charge is 0.496 e. The van der Waals surface area contributed by atoms with Gasteiger partial charge in [0.2, 0.25) is 0 Å². The Kier molecular flexibility index (Phi) is 4.20. The minimum absolute atomic E-state index is 0.277. The molecule has 0 atom stereocenters. The predicted octanol–water partition coefficient (Wildman–Crippen LogP) is 4.10. The van der Waals surface area contributed by atoms with Crippen LogP contribution in [0.4, 0.5) is 4.39 Å². The van der Waals surface area contributed by atoms with Crippen LogP contribution in [0.15, 0.2) is 42.5 Å². The third-order valence-electron chi connectivity index (χ3n) is 4.03. The first-order valence-corrected chi connectivity index (χ1v) is 7.41. The van der Waals surface area contributed by atoms with Crippen molar-refractivity contribution in [1.82, 2.24) is 4.90 Å². The number of likely N-dealkylation sites (tertiary alicyclic amines) is 1. The van der Waals surface area contributed by atoms with Crippen molar-refractivity contribution in [2.24, 2.45) is 0 Å². The highest BCUT2D eigenvalue weighted by molar-refractivity contribution is 5.70. The second kappa shape index (κ2) is 6.27. The summed E-state index contributed by atoms with van der Waals surface area (Å²) in [5, 5.41) is 0. The molecule has 3 rings (SSSR count). The van der Waals surface area contributed by atoms with E-state index >= 15 is 0 Å². The fourth-order valence-electron chi connectivity index (χ4n) is 2.89. The zero-order valence-electron chi connectivity index (χ0n) is 12.3. The van der Waals surface area contributed by atoms with Crippen molar-refractivity contribution in [1.29, 1.82) is 0 Å². The van der Waals surface area contributed by atoms with Gasteiger partial charge in [0.25, 0.3) is 0 Å². The van der Waals surface area contributed by atoms with Gasteiger partial charge in [-0.3, -0.25) is 4.90 Å². The van der Waals surface area contributed by atoms with Gasteiger partial charge >= 0.3 is 0 Å². The third-order valence-corrected chi connectivity index (χ3v) is 4.03. The minimum atomic E-state index is -0.277. The summed E-state index contributed by atoms with van der Waals surface area (Å²) in [5.41, 5.74) is 3.30. The van der Waals surface area contributed by atoms with Crippen LogP contribution in [0.2, 0.25) is 0 Å². The van der Waals surface area contributed by atoms with Gasteiger partial charge in [-0.15, -0.1) is 0 Å². The summed E-state index contributed by atoms with van der Waals surface area (Å²) in [4.78, 5) is 2.48. The molecule has 1 heterocycles. The lowest BCUT2D eigenvalue weighted by Gasteiger charge is -2.15. The first-order chi connectivity index (χ1) is 10.3. The van der Waals surface area contributed by atoms with Crippen molar-refractivity contribution in [3.05, 3.63) is 53.8 Å². The third kappa shape index (κ3) is 3.24. The van der Waals surface area contributed by atoms with Crippen molar-refractivity contribution in [2.45, 2.75) is 19.4 Å². The molecule has 3 heteroatoms. The molecule has 0 radical (unpaired) electrons. The summed E-state index contributed by atoms with van der Waals surface area (Å²) in [6.45, 7) is 3.42. The molecular weight excluding hydrogens is 265 g/mol. The van der Waals surface area contributed by atoms with Crippen LogP contribution in [0.1, 0.15) is 18.4 Å². The Bertz CT molecular complexity index is 603. The molecule has 2 aromatic carbocycles. The van der Waals surface area contributed by atoms with Gasteiger partial charge in [0.15, 0.2) is 0 Å². The Morgan fingerprint density at radius 2 is 1.76 bits per heavy atom. The van der Waals surface area contributed by atoms with E-state index in [0.29, 0.717) is 5.75 Å². The van der Waals surface area contributed by atoms with Crippen LogP contribution in [0.5, 0.6) is 5.75 Å².